The molecule has 0 rings (SSSR count). The number of nitrogens with one attached hydrogen (secondary N) is 1. The summed E-state index contributed by atoms with van der Waals surface area (Å²) in [5.41, 5.74) is 7.43. The fraction of sp³-hybridized carbons (Fsp3) is 0.857. The first-order valence-electron chi connectivity index (χ1n) is 8.14. The van der Waals surface area contributed by atoms with Crippen molar-refractivity contribution in [1.29, 1.82) is 0 Å². The fourth-order valence-corrected chi connectivity index (χ4v) is 2.26. The monoisotopic (exact) mass is 384 g/mol. The van der Waals surface area contributed by atoms with Crippen LogP contribution in [0.4, 0.5) is 9.59 Å². The smallest absolute Gasteiger partial charge is 0.435 e. The third-order valence-electron chi connectivity index (χ3n) is 2.56. The lowest BCUT2D eigenvalue weighted by atomic mass is 10.3. The van der Waals surface area contributed by atoms with Gasteiger partial charge >= 0.3 is 20.1 Å². The van der Waals surface area contributed by atoms with Gasteiger partial charge in [-0.2, -0.15) is 0 Å². The maximum absolute atomic E-state index is 11.7. The van der Waals surface area contributed by atoms with Crippen molar-refractivity contribution in [2.45, 2.75) is 39.5 Å². The molecule has 0 unspecified atom stereocenters. The van der Waals surface area contributed by atoms with E-state index >= 15 is 0 Å². The average Bonchev–Trinajstić information content (AvgIpc) is 2.54. The summed E-state index contributed by atoms with van der Waals surface area (Å²) in [7, 11) is -3.86. The van der Waals surface area contributed by atoms with Crippen LogP contribution in [-0.2, 0) is 32.6 Å². The Kier molecular flexibility index (Phi) is 14.1. The van der Waals surface area contributed by atoms with E-state index < -0.39 is 20.1 Å². The van der Waals surface area contributed by atoms with Crippen molar-refractivity contribution in [3.8, 4) is 0 Å². The zero-order chi connectivity index (χ0) is 19.0. The number of ether oxygens (including phenoxy) is 4. The highest BCUT2D eigenvalue weighted by atomic mass is 31.2. The van der Waals surface area contributed by atoms with Crippen molar-refractivity contribution in [1.82, 2.24) is 5.50 Å². The van der Waals surface area contributed by atoms with E-state index in [1.165, 1.54) is 0 Å². The van der Waals surface area contributed by atoms with Crippen molar-refractivity contribution in [2.24, 2.45) is 0 Å². The minimum Gasteiger partial charge on any atom is -0.435 e. The molecule has 0 atom stereocenters. The largest absolute Gasteiger partial charge is 0.508 e. The summed E-state index contributed by atoms with van der Waals surface area (Å²) >= 11 is 0. The zero-order valence-electron chi connectivity index (χ0n) is 14.7. The first kappa shape index (κ1) is 23.6. The normalized spacial score (nSPS) is 11.0. The zero-order valence-corrected chi connectivity index (χ0v) is 15.6. The second-order valence-electron chi connectivity index (χ2n) is 4.64. The van der Waals surface area contributed by atoms with Crippen LogP contribution in [0.3, 0.4) is 0 Å². The van der Waals surface area contributed by atoms with Gasteiger partial charge in [0.1, 0.15) is 0 Å². The van der Waals surface area contributed by atoms with Crippen LogP contribution >= 0.6 is 7.75 Å². The molecule has 10 nitrogen and oxygen atoms in total. The van der Waals surface area contributed by atoms with Gasteiger partial charge in [0, 0.05) is 0 Å². The average molecular weight is 384 g/mol. The van der Waals surface area contributed by atoms with E-state index in [9.17, 15) is 14.2 Å². The molecule has 11 heteroatoms. The SMILES string of the molecule is CCOC(=O)OCCCCOP([NH])(=O)OCCCCOC(=O)OCC. The van der Waals surface area contributed by atoms with Gasteiger partial charge < -0.3 is 18.9 Å². The molecule has 0 heterocycles. The molecule has 0 aromatic carbocycles. The van der Waals surface area contributed by atoms with Crippen LogP contribution < -0.4 is 5.50 Å². The molecule has 0 aliphatic rings. The predicted molar refractivity (Wildman–Crippen MR) is 87.0 cm³/mol. The van der Waals surface area contributed by atoms with Crippen molar-refractivity contribution in [2.75, 3.05) is 39.6 Å². The van der Waals surface area contributed by atoms with E-state index in [0.29, 0.717) is 25.7 Å². The highest BCUT2D eigenvalue weighted by molar-refractivity contribution is 7.50. The van der Waals surface area contributed by atoms with E-state index in [-0.39, 0.29) is 39.6 Å². The highest BCUT2D eigenvalue weighted by Gasteiger charge is 2.18. The summed E-state index contributed by atoms with van der Waals surface area (Å²) in [6.07, 6.45) is 0.432. The lowest BCUT2D eigenvalue weighted by Gasteiger charge is -2.12. The number of hydrogen-bond donors (Lipinski definition) is 0. The van der Waals surface area contributed by atoms with E-state index in [4.69, 9.17) is 24.0 Å². The summed E-state index contributed by atoms with van der Waals surface area (Å²) in [6.45, 7) is 4.27. The Balaban J connectivity index is 3.54. The highest BCUT2D eigenvalue weighted by Crippen LogP contribution is 2.42. The molecule has 0 aromatic rings. The molecule has 0 bridgehead atoms. The second-order valence-corrected chi connectivity index (χ2v) is 6.15. The summed E-state index contributed by atoms with van der Waals surface area (Å²) in [6, 6.07) is 0. The van der Waals surface area contributed by atoms with Gasteiger partial charge in [0.2, 0.25) is 0 Å². The molecule has 0 aliphatic heterocycles. The van der Waals surface area contributed by atoms with E-state index in [1.54, 1.807) is 13.8 Å². The topological polar surface area (TPSA) is 130 Å². The van der Waals surface area contributed by atoms with Crippen molar-refractivity contribution < 1.29 is 42.1 Å². The maximum atomic E-state index is 11.7. The number of rotatable bonds is 14. The van der Waals surface area contributed by atoms with Gasteiger partial charge in [0.05, 0.1) is 39.6 Å². The molecule has 1 radical (unpaired) electrons. The van der Waals surface area contributed by atoms with Gasteiger partial charge in [0.15, 0.2) is 0 Å². The van der Waals surface area contributed by atoms with E-state index in [0.717, 1.165) is 0 Å². The standard InChI is InChI=1S/C14H27NO9P/c1-3-19-13(16)21-9-5-7-11-23-25(15,18)24-12-8-6-10-22-14(17)20-4-2/h15H,3-12H2,1-2H3. The second kappa shape index (κ2) is 14.9. The number of unbranched alkanes of at least 4 members (excludes halogenated alkanes) is 2. The minimum absolute atomic E-state index is 0.0545. The lowest BCUT2D eigenvalue weighted by molar-refractivity contribution is 0.0566. The van der Waals surface area contributed by atoms with Gasteiger partial charge in [-0.25, -0.2) is 14.2 Å². The fourth-order valence-electron chi connectivity index (χ4n) is 1.45. The Morgan fingerprint density at radius 2 is 1.08 bits per heavy atom. The molecule has 0 spiro atoms. The summed E-state index contributed by atoms with van der Waals surface area (Å²) in [4.78, 5) is 21.8. The lowest BCUT2D eigenvalue weighted by Crippen LogP contribution is -2.09. The molecular weight excluding hydrogens is 357 g/mol. The summed E-state index contributed by atoms with van der Waals surface area (Å²) in [5, 5.41) is 0. The first-order valence-corrected chi connectivity index (χ1v) is 9.68. The van der Waals surface area contributed by atoms with Crippen LogP contribution in [0.15, 0.2) is 0 Å². The summed E-state index contributed by atoms with van der Waals surface area (Å²) in [5.74, 6) is 0. The minimum atomic E-state index is -3.86. The van der Waals surface area contributed by atoms with Crippen LogP contribution in [0.2, 0.25) is 0 Å². The van der Waals surface area contributed by atoms with E-state index in [2.05, 4.69) is 9.47 Å². The number of carbonyl (C=O) groups is 2. The van der Waals surface area contributed by atoms with Crippen molar-refractivity contribution in [3.05, 3.63) is 0 Å². The summed E-state index contributed by atoms with van der Waals surface area (Å²) < 4.78 is 40.1. The van der Waals surface area contributed by atoms with Gasteiger partial charge in [-0.15, -0.1) is 5.50 Å². The quantitative estimate of drug-likeness (QED) is 0.251. The van der Waals surface area contributed by atoms with Crippen LogP contribution in [0, 0.1) is 0 Å². The van der Waals surface area contributed by atoms with Crippen LogP contribution in [-0.4, -0.2) is 52.0 Å². The molecular formula is C14H27NO9P. The number of hydrogen-bond acceptors (Lipinski definition) is 9. The number of carbonyl (C=O) groups excluding carboxylic acids is 2. The molecule has 147 valence electrons. The molecule has 0 aromatic heterocycles. The Labute approximate surface area is 147 Å². The van der Waals surface area contributed by atoms with Crippen LogP contribution in [0.5, 0.6) is 0 Å². The Morgan fingerprint density at radius 1 is 0.720 bits per heavy atom. The van der Waals surface area contributed by atoms with Crippen molar-refractivity contribution >= 4 is 20.1 Å². The first-order chi connectivity index (χ1) is 11.9. The third-order valence-corrected chi connectivity index (χ3v) is 3.61. The molecule has 0 saturated carbocycles. The third kappa shape index (κ3) is 15.9. The molecule has 0 aliphatic carbocycles. The predicted octanol–water partition coefficient (Wildman–Crippen LogP) is 3.32. The Bertz CT molecular complexity index is 385. The Hall–Kier alpha value is -1.35. The van der Waals surface area contributed by atoms with Crippen LogP contribution in [0.25, 0.3) is 0 Å². The van der Waals surface area contributed by atoms with Gasteiger partial charge in [-0.05, 0) is 39.5 Å². The molecule has 0 saturated heterocycles. The molecule has 25 heavy (non-hydrogen) atoms. The van der Waals surface area contributed by atoms with E-state index in [1.807, 2.05) is 0 Å². The van der Waals surface area contributed by atoms with Gasteiger partial charge in [-0.3, -0.25) is 9.05 Å². The molecule has 1 N–H and O–H groups in total. The van der Waals surface area contributed by atoms with Crippen LogP contribution in [0.1, 0.15) is 39.5 Å². The molecule has 0 fully saturated rings. The van der Waals surface area contributed by atoms with Gasteiger partial charge in [-0.1, -0.05) is 0 Å². The molecule has 0 amide bonds. The van der Waals surface area contributed by atoms with Gasteiger partial charge in [0.25, 0.3) is 0 Å². The van der Waals surface area contributed by atoms with Crippen molar-refractivity contribution in [3.63, 3.8) is 0 Å². The Morgan fingerprint density at radius 3 is 1.44 bits per heavy atom. The maximum Gasteiger partial charge on any atom is 0.508 e.